The van der Waals surface area contributed by atoms with Gasteiger partial charge in [-0.15, -0.1) is 16.4 Å². The van der Waals surface area contributed by atoms with Gasteiger partial charge in [0.15, 0.2) is 0 Å². The van der Waals surface area contributed by atoms with Gasteiger partial charge >= 0.3 is 0 Å². The van der Waals surface area contributed by atoms with Gasteiger partial charge in [0, 0.05) is 16.6 Å². The van der Waals surface area contributed by atoms with E-state index in [0.29, 0.717) is 23.4 Å². The first-order chi connectivity index (χ1) is 21.1. The maximum atomic E-state index is 14.3. The van der Waals surface area contributed by atoms with E-state index in [1.54, 1.807) is 41.0 Å². The molecule has 2 amide bonds. The lowest BCUT2D eigenvalue weighted by atomic mass is 9.86. The van der Waals surface area contributed by atoms with Crippen molar-refractivity contribution in [3.63, 3.8) is 0 Å². The van der Waals surface area contributed by atoms with Gasteiger partial charge in [0.25, 0.3) is 0 Å². The number of ether oxygens (including phenoxy) is 1. The standard InChI is InChI=1S/C33H32N6O3S/c1-42-26-18-16-25(17-19-26)34-33(41)32(24-12-6-3-7-13-24)38(20-30-35-28(22-43-30)23-10-4-2-5-11-23)31(40)21-39-29-15-9-8-14-27(29)36-37-39/h2-6,8-11,14-19,22,24,32H,7,12-13,20-21H2,1H3,(H,34,41)/t24?,32-/m1/s1. The van der Waals surface area contributed by atoms with Crippen molar-refractivity contribution < 1.29 is 14.3 Å². The molecule has 0 aliphatic heterocycles. The van der Waals surface area contributed by atoms with Gasteiger partial charge in [-0.1, -0.05) is 59.8 Å². The monoisotopic (exact) mass is 592 g/mol. The molecule has 1 aliphatic rings. The minimum atomic E-state index is -0.724. The molecule has 2 aromatic heterocycles. The second-order valence-corrected chi connectivity index (χ2v) is 11.4. The smallest absolute Gasteiger partial charge is 0.247 e. The molecule has 43 heavy (non-hydrogen) atoms. The molecule has 0 fully saturated rings. The lowest BCUT2D eigenvalue weighted by Crippen LogP contribution is -2.52. The molecule has 0 saturated heterocycles. The predicted octanol–water partition coefficient (Wildman–Crippen LogP) is 5.96. The van der Waals surface area contributed by atoms with Crippen LogP contribution in [0.25, 0.3) is 22.3 Å². The number of rotatable bonds is 10. The third-order valence-electron chi connectivity index (χ3n) is 7.67. The molecule has 1 N–H and O–H groups in total. The van der Waals surface area contributed by atoms with E-state index in [4.69, 9.17) is 9.72 Å². The van der Waals surface area contributed by atoms with E-state index in [0.717, 1.165) is 34.6 Å². The second kappa shape index (κ2) is 13.0. The van der Waals surface area contributed by atoms with Gasteiger partial charge in [-0.05, 0) is 61.6 Å². The summed E-state index contributed by atoms with van der Waals surface area (Å²) in [7, 11) is 1.60. The normalized spacial score (nSPS) is 15.2. The third kappa shape index (κ3) is 6.49. The van der Waals surface area contributed by atoms with Crippen molar-refractivity contribution >= 4 is 39.9 Å². The predicted molar refractivity (Wildman–Crippen MR) is 168 cm³/mol. The summed E-state index contributed by atoms with van der Waals surface area (Å²) in [5.74, 6) is 0.175. The van der Waals surface area contributed by atoms with E-state index in [9.17, 15) is 9.59 Å². The molecule has 0 bridgehead atoms. The van der Waals surface area contributed by atoms with Crippen molar-refractivity contribution in [3.05, 3.63) is 101 Å². The van der Waals surface area contributed by atoms with E-state index in [-0.39, 0.29) is 30.8 Å². The number of hydrogen-bond acceptors (Lipinski definition) is 7. The van der Waals surface area contributed by atoms with E-state index in [2.05, 4.69) is 27.8 Å². The zero-order valence-corrected chi connectivity index (χ0v) is 24.6. The fourth-order valence-corrected chi connectivity index (χ4v) is 6.27. The highest BCUT2D eigenvalue weighted by molar-refractivity contribution is 7.09. The Balaban J connectivity index is 1.35. The Morgan fingerprint density at radius 1 is 1.05 bits per heavy atom. The zero-order chi connectivity index (χ0) is 29.6. The minimum absolute atomic E-state index is 0.0493. The molecule has 2 atom stereocenters. The summed E-state index contributed by atoms with van der Waals surface area (Å²) in [5.41, 5.74) is 3.95. The molecular formula is C33H32N6O3S. The highest BCUT2D eigenvalue weighted by Gasteiger charge is 2.37. The third-order valence-corrected chi connectivity index (χ3v) is 8.50. The molecule has 0 radical (unpaired) electrons. The van der Waals surface area contributed by atoms with Gasteiger partial charge in [-0.2, -0.15) is 0 Å². The number of hydrogen-bond donors (Lipinski definition) is 1. The number of nitrogens with one attached hydrogen (secondary N) is 1. The maximum Gasteiger partial charge on any atom is 0.247 e. The Kier molecular flexibility index (Phi) is 8.55. The fraction of sp³-hybridized carbons (Fsp3) is 0.242. The van der Waals surface area contributed by atoms with Crippen molar-refractivity contribution in [2.75, 3.05) is 12.4 Å². The molecule has 5 aromatic rings. The lowest BCUT2D eigenvalue weighted by Gasteiger charge is -2.36. The van der Waals surface area contributed by atoms with Crippen LogP contribution in [-0.4, -0.2) is 49.8 Å². The first-order valence-electron chi connectivity index (χ1n) is 14.3. The van der Waals surface area contributed by atoms with Gasteiger partial charge < -0.3 is 15.0 Å². The number of nitrogens with zero attached hydrogens (tertiary/aromatic N) is 5. The Hall–Kier alpha value is -4.83. The Labute approximate surface area is 253 Å². The van der Waals surface area contributed by atoms with Gasteiger partial charge in [0.2, 0.25) is 11.8 Å². The topological polar surface area (TPSA) is 102 Å². The van der Waals surface area contributed by atoms with E-state index >= 15 is 0 Å². The van der Waals surface area contributed by atoms with Crippen molar-refractivity contribution in [2.45, 2.75) is 38.4 Å². The van der Waals surface area contributed by atoms with Gasteiger partial charge in [-0.25, -0.2) is 9.67 Å². The van der Waals surface area contributed by atoms with Crippen LogP contribution in [0.2, 0.25) is 0 Å². The summed E-state index contributed by atoms with van der Waals surface area (Å²) < 4.78 is 6.87. The van der Waals surface area contributed by atoms with Gasteiger partial charge in [0.1, 0.15) is 28.9 Å². The number of carbonyl (C=O) groups excluding carboxylic acids is 2. The summed E-state index contributed by atoms with van der Waals surface area (Å²) in [6.07, 6.45) is 6.58. The number of allylic oxidation sites excluding steroid dienone is 2. The molecule has 0 spiro atoms. The number of fused-ring (bicyclic) bond motifs is 1. The highest BCUT2D eigenvalue weighted by atomic mass is 32.1. The number of benzene rings is 3. The molecule has 10 heteroatoms. The van der Waals surface area contributed by atoms with Crippen molar-refractivity contribution in [2.24, 2.45) is 5.92 Å². The van der Waals surface area contributed by atoms with Crippen LogP contribution in [0.5, 0.6) is 5.75 Å². The average molecular weight is 593 g/mol. The van der Waals surface area contributed by atoms with E-state index in [1.165, 1.54) is 11.3 Å². The van der Waals surface area contributed by atoms with E-state index in [1.807, 2.05) is 60.0 Å². The maximum absolute atomic E-state index is 14.3. The van der Waals surface area contributed by atoms with Crippen LogP contribution in [0, 0.1) is 5.92 Å². The number of amides is 2. The van der Waals surface area contributed by atoms with Crippen molar-refractivity contribution in [1.82, 2.24) is 24.9 Å². The number of methoxy groups -OCH3 is 1. The second-order valence-electron chi connectivity index (χ2n) is 10.5. The summed E-state index contributed by atoms with van der Waals surface area (Å²) in [5, 5.41) is 14.3. The van der Waals surface area contributed by atoms with Crippen LogP contribution in [0.1, 0.15) is 24.3 Å². The van der Waals surface area contributed by atoms with Crippen LogP contribution in [0.3, 0.4) is 0 Å². The molecule has 6 rings (SSSR count). The number of aromatic nitrogens is 4. The van der Waals surface area contributed by atoms with Crippen LogP contribution in [0.15, 0.2) is 96.4 Å². The summed E-state index contributed by atoms with van der Waals surface area (Å²) in [6, 6.07) is 23.9. The average Bonchev–Trinajstić information content (AvgIpc) is 3.69. The minimum Gasteiger partial charge on any atom is -0.497 e. The van der Waals surface area contributed by atoms with Gasteiger partial charge in [0.05, 0.1) is 24.9 Å². The van der Waals surface area contributed by atoms with E-state index < -0.39 is 6.04 Å². The summed E-state index contributed by atoms with van der Waals surface area (Å²) in [4.78, 5) is 34.9. The Bertz CT molecular complexity index is 1730. The Morgan fingerprint density at radius 2 is 1.84 bits per heavy atom. The SMILES string of the molecule is COc1ccc(NC(=O)[C@@H](C2CC=CCC2)N(Cc2nc(-c3ccccc3)cs2)C(=O)Cn2nnc3ccccc32)cc1. The number of carbonyl (C=O) groups is 2. The van der Waals surface area contributed by atoms with Crippen LogP contribution in [-0.2, 0) is 22.7 Å². The van der Waals surface area contributed by atoms with Crippen LogP contribution in [0.4, 0.5) is 5.69 Å². The number of para-hydroxylation sites is 1. The number of anilines is 1. The first kappa shape index (κ1) is 28.3. The quantitative estimate of drug-likeness (QED) is 0.201. The fourth-order valence-electron chi connectivity index (χ4n) is 5.47. The summed E-state index contributed by atoms with van der Waals surface area (Å²) >= 11 is 1.49. The largest absolute Gasteiger partial charge is 0.497 e. The zero-order valence-electron chi connectivity index (χ0n) is 23.8. The van der Waals surface area contributed by atoms with Crippen LogP contribution < -0.4 is 10.1 Å². The van der Waals surface area contributed by atoms with Crippen molar-refractivity contribution in [3.8, 4) is 17.0 Å². The molecule has 218 valence electrons. The molecular weight excluding hydrogens is 560 g/mol. The first-order valence-corrected chi connectivity index (χ1v) is 15.1. The van der Waals surface area contributed by atoms with Crippen LogP contribution >= 0.6 is 11.3 Å². The Morgan fingerprint density at radius 3 is 2.60 bits per heavy atom. The molecule has 9 nitrogen and oxygen atoms in total. The lowest BCUT2D eigenvalue weighted by molar-refractivity contribution is -0.142. The molecule has 3 aromatic carbocycles. The summed E-state index contributed by atoms with van der Waals surface area (Å²) in [6.45, 7) is 0.149. The van der Waals surface area contributed by atoms with Gasteiger partial charge in [-0.3, -0.25) is 9.59 Å². The number of thiazole rings is 1. The van der Waals surface area contributed by atoms with Crippen molar-refractivity contribution in [1.29, 1.82) is 0 Å². The molecule has 1 aliphatic carbocycles. The molecule has 1 unspecified atom stereocenters. The highest BCUT2D eigenvalue weighted by Crippen LogP contribution is 2.30. The molecule has 2 heterocycles. The molecule has 0 saturated carbocycles.